The summed E-state index contributed by atoms with van der Waals surface area (Å²) < 4.78 is 0. The Morgan fingerprint density at radius 3 is 3.11 bits per heavy atom. The predicted molar refractivity (Wildman–Crippen MR) is 76.2 cm³/mol. The fraction of sp³-hybridized carbons (Fsp3) is 0.286. The maximum atomic E-state index is 12.2. The minimum atomic E-state index is -0.181. The van der Waals surface area contributed by atoms with Gasteiger partial charge in [0.05, 0.1) is 6.04 Å². The van der Waals surface area contributed by atoms with Gasteiger partial charge in [-0.05, 0) is 18.6 Å². The monoisotopic (exact) mass is 273 g/mol. The van der Waals surface area contributed by atoms with Crippen molar-refractivity contribution in [3.63, 3.8) is 0 Å². The Morgan fingerprint density at radius 1 is 1.53 bits per heavy atom. The molecule has 2 atom stereocenters. The maximum Gasteiger partial charge on any atom is 0.243 e. The van der Waals surface area contributed by atoms with Crippen LogP contribution in [0.15, 0.2) is 35.8 Å². The van der Waals surface area contributed by atoms with Crippen molar-refractivity contribution in [3.8, 4) is 0 Å². The molecule has 1 aromatic heterocycles. The Labute approximate surface area is 115 Å². The highest BCUT2D eigenvalue weighted by atomic mass is 32.1. The van der Waals surface area contributed by atoms with Crippen molar-refractivity contribution in [1.29, 1.82) is 0 Å². The molecule has 1 amide bonds. The van der Waals surface area contributed by atoms with Gasteiger partial charge >= 0.3 is 0 Å². The molecule has 0 radical (unpaired) electrons. The molecule has 0 aliphatic carbocycles. The summed E-state index contributed by atoms with van der Waals surface area (Å²) in [6.07, 6.45) is 2.50. The largest absolute Gasteiger partial charge is 0.373 e. The molecule has 1 aromatic carbocycles. The summed E-state index contributed by atoms with van der Waals surface area (Å²) in [5, 5.41) is 9.11. The van der Waals surface area contributed by atoms with Gasteiger partial charge in [0.15, 0.2) is 0 Å². The lowest BCUT2D eigenvalue weighted by Gasteiger charge is -2.15. The summed E-state index contributed by atoms with van der Waals surface area (Å²) in [4.78, 5) is 16.4. The third-order valence-electron chi connectivity index (χ3n) is 3.27. The van der Waals surface area contributed by atoms with Gasteiger partial charge in [0.2, 0.25) is 5.91 Å². The van der Waals surface area contributed by atoms with Gasteiger partial charge in [-0.2, -0.15) is 0 Å². The highest BCUT2D eigenvalue weighted by Gasteiger charge is 2.27. The van der Waals surface area contributed by atoms with E-state index in [4.69, 9.17) is 0 Å². The molecule has 2 N–H and O–H groups in total. The molecule has 2 unspecified atom stereocenters. The molecular formula is C14H15N3OS. The second-order valence-electron chi connectivity index (χ2n) is 4.66. The minimum Gasteiger partial charge on any atom is -0.373 e. The van der Waals surface area contributed by atoms with E-state index in [1.807, 2.05) is 30.5 Å². The van der Waals surface area contributed by atoms with E-state index in [1.54, 1.807) is 17.5 Å². The second kappa shape index (κ2) is 5.01. The number of nitrogens with zero attached hydrogens (tertiary/aromatic N) is 1. The quantitative estimate of drug-likeness (QED) is 0.902. The molecular weight excluding hydrogens is 258 g/mol. The van der Waals surface area contributed by atoms with Crippen LogP contribution in [-0.4, -0.2) is 16.9 Å². The van der Waals surface area contributed by atoms with Crippen LogP contribution in [0.5, 0.6) is 0 Å². The van der Waals surface area contributed by atoms with Crippen molar-refractivity contribution < 1.29 is 4.79 Å². The summed E-state index contributed by atoms with van der Waals surface area (Å²) >= 11 is 1.56. The first-order valence-electron chi connectivity index (χ1n) is 6.28. The zero-order chi connectivity index (χ0) is 13.2. The lowest BCUT2D eigenvalue weighted by molar-refractivity contribution is -0.122. The topological polar surface area (TPSA) is 54.0 Å². The van der Waals surface area contributed by atoms with Crippen molar-refractivity contribution in [2.75, 3.05) is 5.32 Å². The highest BCUT2D eigenvalue weighted by Crippen LogP contribution is 2.25. The third-order valence-corrected chi connectivity index (χ3v) is 4.23. The summed E-state index contributed by atoms with van der Waals surface area (Å²) in [6.45, 7) is 1.96. The first-order valence-corrected chi connectivity index (χ1v) is 7.16. The van der Waals surface area contributed by atoms with Crippen LogP contribution in [0, 0.1) is 0 Å². The Hall–Kier alpha value is -1.88. The number of aromatic nitrogens is 1. The van der Waals surface area contributed by atoms with Gasteiger partial charge in [-0.1, -0.05) is 18.2 Å². The van der Waals surface area contributed by atoms with E-state index in [0.29, 0.717) is 0 Å². The van der Waals surface area contributed by atoms with Crippen LogP contribution in [-0.2, 0) is 11.2 Å². The van der Waals surface area contributed by atoms with E-state index in [-0.39, 0.29) is 18.0 Å². The smallest absolute Gasteiger partial charge is 0.243 e. The summed E-state index contributed by atoms with van der Waals surface area (Å²) in [5.41, 5.74) is 2.26. The average Bonchev–Trinajstić information content (AvgIpc) is 3.07. The number of thiazole rings is 1. The van der Waals surface area contributed by atoms with E-state index in [0.717, 1.165) is 17.1 Å². The van der Waals surface area contributed by atoms with E-state index in [2.05, 4.69) is 21.7 Å². The number of fused-ring (bicyclic) bond motifs is 1. The average molecular weight is 273 g/mol. The molecule has 98 valence electrons. The Bertz CT molecular complexity index is 557. The Balaban J connectivity index is 1.64. The van der Waals surface area contributed by atoms with Gasteiger partial charge in [-0.15, -0.1) is 11.3 Å². The fourth-order valence-corrected chi connectivity index (χ4v) is 2.93. The molecule has 1 aliphatic rings. The van der Waals surface area contributed by atoms with Crippen LogP contribution in [0.2, 0.25) is 0 Å². The number of carbonyl (C=O) groups is 1. The predicted octanol–water partition coefficient (Wildman–Crippen LogP) is 2.36. The number of carbonyl (C=O) groups excluding carboxylic acids is 1. The molecule has 5 heteroatoms. The number of benzene rings is 1. The number of rotatable bonds is 3. The van der Waals surface area contributed by atoms with E-state index in [1.165, 1.54) is 5.56 Å². The fourth-order valence-electron chi connectivity index (χ4n) is 2.28. The van der Waals surface area contributed by atoms with E-state index >= 15 is 0 Å². The first kappa shape index (κ1) is 12.2. The normalized spacial score (nSPS) is 18.5. The Kier molecular flexibility index (Phi) is 3.21. The molecule has 0 saturated carbocycles. The van der Waals surface area contributed by atoms with Gasteiger partial charge in [0, 0.05) is 23.7 Å². The van der Waals surface area contributed by atoms with Crippen molar-refractivity contribution in [2.45, 2.75) is 25.4 Å². The first-order chi connectivity index (χ1) is 9.24. The van der Waals surface area contributed by atoms with Gasteiger partial charge in [0.25, 0.3) is 0 Å². The molecule has 1 aliphatic heterocycles. The number of hydrogen-bond donors (Lipinski definition) is 2. The highest BCUT2D eigenvalue weighted by molar-refractivity contribution is 7.09. The van der Waals surface area contributed by atoms with Gasteiger partial charge in [-0.3, -0.25) is 4.79 Å². The van der Waals surface area contributed by atoms with Crippen LogP contribution in [0.4, 0.5) is 5.69 Å². The van der Waals surface area contributed by atoms with Gasteiger partial charge < -0.3 is 10.6 Å². The van der Waals surface area contributed by atoms with E-state index < -0.39 is 0 Å². The van der Waals surface area contributed by atoms with Crippen LogP contribution in [0.25, 0.3) is 0 Å². The van der Waals surface area contributed by atoms with Crippen LogP contribution in [0.3, 0.4) is 0 Å². The molecule has 3 rings (SSSR count). The van der Waals surface area contributed by atoms with Crippen LogP contribution < -0.4 is 10.6 Å². The molecule has 0 spiro atoms. The van der Waals surface area contributed by atoms with Gasteiger partial charge in [-0.25, -0.2) is 4.98 Å². The molecule has 0 fully saturated rings. The molecule has 2 heterocycles. The van der Waals surface area contributed by atoms with Crippen molar-refractivity contribution in [1.82, 2.24) is 10.3 Å². The van der Waals surface area contributed by atoms with Crippen LogP contribution in [0.1, 0.15) is 23.5 Å². The summed E-state index contributed by atoms with van der Waals surface area (Å²) in [7, 11) is 0. The molecule has 2 aromatic rings. The molecule has 0 bridgehead atoms. The molecule has 19 heavy (non-hydrogen) atoms. The Morgan fingerprint density at radius 2 is 2.37 bits per heavy atom. The van der Waals surface area contributed by atoms with Crippen molar-refractivity contribution >= 4 is 22.9 Å². The summed E-state index contributed by atoms with van der Waals surface area (Å²) in [5.74, 6) is 0.0268. The SMILES string of the molecule is CC(NC(=O)C1Cc2ccccc2N1)c1nccs1. The maximum absolute atomic E-state index is 12.2. The number of hydrogen-bond acceptors (Lipinski definition) is 4. The lowest BCUT2D eigenvalue weighted by Crippen LogP contribution is -2.39. The van der Waals surface area contributed by atoms with E-state index in [9.17, 15) is 4.79 Å². The number of para-hydroxylation sites is 1. The van der Waals surface area contributed by atoms with Crippen molar-refractivity contribution in [2.24, 2.45) is 0 Å². The molecule has 0 saturated heterocycles. The zero-order valence-corrected chi connectivity index (χ0v) is 11.4. The zero-order valence-electron chi connectivity index (χ0n) is 10.6. The number of amides is 1. The number of nitrogens with one attached hydrogen (secondary N) is 2. The minimum absolute atomic E-state index is 0.0268. The number of anilines is 1. The second-order valence-corrected chi connectivity index (χ2v) is 5.58. The lowest BCUT2D eigenvalue weighted by atomic mass is 10.1. The van der Waals surface area contributed by atoms with Crippen molar-refractivity contribution in [3.05, 3.63) is 46.4 Å². The molecule has 4 nitrogen and oxygen atoms in total. The van der Waals surface area contributed by atoms with Gasteiger partial charge in [0.1, 0.15) is 11.0 Å². The van der Waals surface area contributed by atoms with Crippen LogP contribution >= 0.6 is 11.3 Å². The third kappa shape index (κ3) is 2.46. The summed E-state index contributed by atoms with van der Waals surface area (Å²) in [6, 6.07) is 7.81. The standard InChI is InChI=1S/C14H15N3OS/c1-9(14-15-6-7-19-14)16-13(18)12-8-10-4-2-3-5-11(10)17-12/h2-7,9,12,17H,8H2,1H3,(H,16,18).